The fourth-order valence-corrected chi connectivity index (χ4v) is 3.54. The quantitative estimate of drug-likeness (QED) is 0.0772. The van der Waals surface area contributed by atoms with Crippen LogP contribution >= 0.6 is 0 Å². The molecule has 0 atom stereocenters. The second-order valence-corrected chi connectivity index (χ2v) is 9.19. The van der Waals surface area contributed by atoms with Gasteiger partial charge in [-0.2, -0.15) is 36.4 Å². The van der Waals surface area contributed by atoms with Gasteiger partial charge in [-0.05, 0) is 38.3 Å². The van der Waals surface area contributed by atoms with Crippen LogP contribution in [-0.2, 0) is 21.7 Å². The van der Waals surface area contributed by atoms with E-state index in [1.54, 1.807) is 23.9 Å². The van der Waals surface area contributed by atoms with Crippen molar-refractivity contribution in [2.45, 2.75) is 52.4 Å². The van der Waals surface area contributed by atoms with E-state index in [1.807, 2.05) is 72.8 Å². The molecule has 41 heavy (non-hydrogen) atoms. The van der Waals surface area contributed by atoms with Crippen molar-refractivity contribution in [3.63, 3.8) is 0 Å². The molecule has 0 aliphatic heterocycles. The van der Waals surface area contributed by atoms with Crippen LogP contribution in [0.2, 0.25) is 0 Å². The summed E-state index contributed by atoms with van der Waals surface area (Å²) in [5.74, 6) is -2.54. The predicted molar refractivity (Wildman–Crippen MR) is 160 cm³/mol. The van der Waals surface area contributed by atoms with Crippen LogP contribution in [-0.4, -0.2) is 27.2 Å². The molecule has 4 aromatic carbocycles. The van der Waals surface area contributed by atoms with Crippen molar-refractivity contribution in [2.24, 2.45) is 0 Å². The van der Waals surface area contributed by atoms with Crippen molar-refractivity contribution >= 4 is 11.4 Å². The summed E-state index contributed by atoms with van der Waals surface area (Å²) in [6, 6.07) is 29.4. The Kier molecular flexibility index (Phi) is 22.2. The van der Waals surface area contributed by atoms with Crippen LogP contribution in [0.5, 0.6) is 0 Å². The third-order valence-electron chi connectivity index (χ3n) is 5.81. The van der Waals surface area contributed by atoms with Gasteiger partial charge >= 0.3 is 21.7 Å². The summed E-state index contributed by atoms with van der Waals surface area (Å²) in [6.45, 7) is 5.80. The van der Waals surface area contributed by atoms with Crippen LogP contribution in [0.25, 0.3) is 0 Å². The molecule has 0 spiro atoms. The predicted octanol–water partition coefficient (Wildman–Crippen LogP) is 9.59. The molecule has 2 nitrogen and oxygen atoms in total. The Morgan fingerprint density at radius 3 is 1.17 bits per heavy atom. The molecule has 0 fully saturated rings. The van der Waals surface area contributed by atoms with Crippen LogP contribution < -0.4 is 9.80 Å². The fraction of sp³-hybridized carbons (Fsp3) is 0.353. The molecule has 0 radical (unpaired) electrons. The largest absolute Gasteiger partial charge is 4.00 e. The molecular formula is C34H42F4N2Ti. The Hall–Kier alpha value is -2.83. The molecule has 0 saturated carbocycles. The van der Waals surface area contributed by atoms with Crippen molar-refractivity contribution in [3.8, 4) is 0 Å². The van der Waals surface area contributed by atoms with E-state index in [9.17, 15) is 17.6 Å². The maximum atomic E-state index is 13.3. The standard InChI is InChI=1S/2C12H16F2N.2C5H5.Ti/c2*1-3-4-5-8-15(2)12-7-6-10(13)9-11(12)14;2*1-2-4-5-3-1;/h2*6-7H,3-5,8H2,1-2H3;2*1-5H;/q4*-1;+4. The molecule has 0 aliphatic rings. The van der Waals surface area contributed by atoms with E-state index in [0.29, 0.717) is 11.4 Å². The average Bonchev–Trinajstić information content (AvgIpc) is 3.69. The maximum absolute atomic E-state index is 13.3. The summed E-state index contributed by atoms with van der Waals surface area (Å²) < 4.78 is 51.8. The van der Waals surface area contributed by atoms with Crippen molar-refractivity contribution in [1.29, 1.82) is 0 Å². The van der Waals surface area contributed by atoms with Crippen molar-refractivity contribution in [1.82, 2.24) is 0 Å². The Morgan fingerprint density at radius 1 is 0.585 bits per heavy atom. The molecule has 0 aromatic heterocycles. The summed E-state index contributed by atoms with van der Waals surface area (Å²) >= 11 is 0. The first kappa shape index (κ1) is 38.2. The van der Waals surface area contributed by atoms with E-state index >= 15 is 0 Å². The number of hydrogen-bond donors (Lipinski definition) is 0. The smallest absolute Gasteiger partial charge is 0.424 e. The summed E-state index contributed by atoms with van der Waals surface area (Å²) in [6.07, 6.45) is 6.54. The number of hydrogen-bond acceptors (Lipinski definition) is 2. The molecule has 0 amide bonds. The maximum Gasteiger partial charge on any atom is 4.00 e. The van der Waals surface area contributed by atoms with Gasteiger partial charge in [-0.3, -0.25) is 0 Å². The van der Waals surface area contributed by atoms with E-state index in [4.69, 9.17) is 0 Å². The number of anilines is 2. The molecule has 4 rings (SSSR count). The topological polar surface area (TPSA) is 6.48 Å². The van der Waals surface area contributed by atoms with Gasteiger partial charge < -0.3 is 9.80 Å². The molecule has 0 bridgehead atoms. The van der Waals surface area contributed by atoms with Crippen LogP contribution in [0, 0.1) is 35.4 Å². The zero-order valence-electron chi connectivity index (χ0n) is 24.6. The molecular weight excluding hydrogens is 560 g/mol. The second-order valence-electron chi connectivity index (χ2n) is 9.19. The third-order valence-corrected chi connectivity index (χ3v) is 5.81. The SMILES string of the molecule is CCCCCN(C)c1ccc(F)[c-]c1F.CCCCCN(C)c1ccc(F)[c-]c1F.[Ti+4].c1cc[cH-]c1.c1cc[cH-]c1. The van der Waals surface area contributed by atoms with Crippen LogP contribution in [0.1, 0.15) is 52.4 Å². The minimum Gasteiger partial charge on any atom is -0.424 e. The monoisotopic (exact) mass is 602 g/mol. The Balaban J connectivity index is 0.000000573. The molecule has 0 heterocycles. The van der Waals surface area contributed by atoms with Gasteiger partial charge in [0.15, 0.2) is 0 Å². The Bertz CT molecular complexity index is 994. The number of halogens is 4. The zero-order chi connectivity index (χ0) is 29.6. The Morgan fingerprint density at radius 2 is 0.927 bits per heavy atom. The minimum absolute atomic E-state index is 0. The first-order chi connectivity index (χ1) is 19.3. The van der Waals surface area contributed by atoms with Gasteiger partial charge in [-0.25, -0.2) is 41.8 Å². The normalized spacial score (nSPS) is 9.56. The molecule has 0 aliphatic carbocycles. The van der Waals surface area contributed by atoms with E-state index in [-0.39, 0.29) is 21.7 Å². The summed E-state index contributed by atoms with van der Waals surface area (Å²) in [4.78, 5) is 3.59. The van der Waals surface area contributed by atoms with Gasteiger partial charge in [-0.1, -0.05) is 39.5 Å². The van der Waals surface area contributed by atoms with E-state index in [1.165, 1.54) is 24.3 Å². The molecule has 0 N–H and O–H groups in total. The number of rotatable bonds is 10. The van der Waals surface area contributed by atoms with E-state index in [0.717, 1.165) is 51.6 Å². The Labute approximate surface area is 259 Å². The third kappa shape index (κ3) is 17.6. The molecule has 0 saturated heterocycles. The van der Waals surface area contributed by atoms with Gasteiger partial charge in [0.1, 0.15) is 0 Å². The van der Waals surface area contributed by atoms with Crippen molar-refractivity contribution in [2.75, 3.05) is 37.0 Å². The molecule has 0 unspecified atom stereocenters. The summed E-state index contributed by atoms with van der Waals surface area (Å²) in [5.41, 5.74) is 0.819. The minimum atomic E-state index is -0.654. The van der Waals surface area contributed by atoms with Crippen LogP contribution in [0.4, 0.5) is 28.9 Å². The average molecular weight is 603 g/mol. The van der Waals surface area contributed by atoms with Crippen LogP contribution in [0.3, 0.4) is 0 Å². The van der Waals surface area contributed by atoms with Gasteiger partial charge in [0, 0.05) is 36.4 Å². The van der Waals surface area contributed by atoms with Gasteiger partial charge in [0.25, 0.3) is 0 Å². The molecule has 220 valence electrons. The summed E-state index contributed by atoms with van der Waals surface area (Å²) in [5, 5.41) is 0. The summed E-state index contributed by atoms with van der Waals surface area (Å²) in [7, 11) is 3.61. The van der Waals surface area contributed by atoms with Gasteiger partial charge in [0.2, 0.25) is 0 Å². The first-order valence-corrected chi connectivity index (χ1v) is 13.8. The number of nitrogens with zero attached hydrogens (tertiary/aromatic N) is 2. The van der Waals surface area contributed by atoms with Crippen molar-refractivity contribution in [3.05, 3.63) is 120 Å². The zero-order valence-corrected chi connectivity index (χ0v) is 26.2. The first-order valence-electron chi connectivity index (χ1n) is 13.8. The molecule has 4 aromatic rings. The van der Waals surface area contributed by atoms with Gasteiger partial charge in [-0.15, -0.1) is 36.4 Å². The van der Waals surface area contributed by atoms with Crippen LogP contribution in [0.15, 0.2) is 84.9 Å². The van der Waals surface area contributed by atoms with E-state index < -0.39 is 23.3 Å². The number of unbranched alkanes of at least 4 members (excludes halogenated alkanes) is 4. The number of benzene rings is 2. The molecule has 7 heteroatoms. The fourth-order valence-electron chi connectivity index (χ4n) is 3.54. The van der Waals surface area contributed by atoms with Crippen molar-refractivity contribution < 1.29 is 39.3 Å². The van der Waals surface area contributed by atoms with Gasteiger partial charge in [0.05, 0.1) is 0 Å². The second kappa shape index (κ2) is 23.8. The van der Waals surface area contributed by atoms with E-state index in [2.05, 4.69) is 13.8 Å².